The fourth-order valence-corrected chi connectivity index (χ4v) is 1.97. The predicted octanol–water partition coefficient (Wildman–Crippen LogP) is 0.695. The summed E-state index contributed by atoms with van der Waals surface area (Å²) in [5.41, 5.74) is 1.04. The zero-order chi connectivity index (χ0) is 15.3. The number of sulfone groups is 1. The Labute approximate surface area is 118 Å². The molecule has 0 unspecified atom stereocenters. The van der Waals surface area contributed by atoms with E-state index >= 15 is 0 Å². The first-order chi connectivity index (χ1) is 9.19. The van der Waals surface area contributed by atoms with E-state index in [0.29, 0.717) is 0 Å². The van der Waals surface area contributed by atoms with Crippen LogP contribution in [-0.4, -0.2) is 38.8 Å². The second kappa shape index (κ2) is 6.51. The van der Waals surface area contributed by atoms with Crippen LogP contribution in [0.25, 0.3) is 0 Å². The summed E-state index contributed by atoms with van der Waals surface area (Å²) >= 11 is 0. The second-order valence-electron chi connectivity index (χ2n) is 4.48. The summed E-state index contributed by atoms with van der Waals surface area (Å²) in [6, 6.07) is 4.81. The molecule has 0 saturated heterocycles. The average Bonchev–Trinajstić information content (AvgIpc) is 2.26. The monoisotopic (exact) mass is 299 g/mol. The van der Waals surface area contributed by atoms with E-state index in [1.54, 1.807) is 19.1 Å². The third-order valence-corrected chi connectivity index (χ3v) is 3.34. The molecule has 1 aromatic carbocycles. The summed E-state index contributed by atoms with van der Waals surface area (Å²) in [4.78, 5) is 23.0. The van der Waals surface area contributed by atoms with Crippen molar-refractivity contribution in [2.24, 2.45) is 0 Å². The largest absolute Gasteiger partial charge is 0.426 e. The minimum absolute atomic E-state index is 0.00501. The van der Waals surface area contributed by atoms with Crippen molar-refractivity contribution in [3.63, 3.8) is 0 Å². The first kappa shape index (κ1) is 16.2. The van der Waals surface area contributed by atoms with Gasteiger partial charge >= 0.3 is 5.97 Å². The molecule has 0 spiro atoms. The van der Waals surface area contributed by atoms with Crippen molar-refractivity contribution < 1.29 is 22.7 Å². The van der Waals surface area contributed by atoms with Gasteiger partial charge in [0.05, 0.1) is 11.3 Å². The number of esters is 1. The Balaban J connectivity index is 2.84. The lowest BCUT2D eigenvalue weighted by molar-refractivity contribution is -0.131. The molecule has 0 aliphatic rings. The van der Waals surface area contributed by atoms with Crippen molar-refractivity contribution in [1.82, 2.24) is 5.32 Å². The van der Waals surface area contributed by atoms with Gasteiger partial charge in [-0.15, -0.1) is 0 Å². The molecule has 1 rings (SSSR count). The van der Waals surface area contributed by atoms with E-state index in [2.05, 4.69) is 5.32 Å². The van der Waals surface area contributed by atoms with Crippen LogP contribution in [0.3, 0.4) is 0 Å². The van der Waals surface area contributed by atoms with Crippen molar-refractivity contribution in [1.29, 1.82) is 0 Å². The SMILES string of the molecule is CC(=O)Oc1cc(C)ccc1C(=O)NCCS(C)(=O)=O. The molecule has 0 aliphatic heterocycles. The van der Waals surface area contributed by atoms with Crippen LogP contribution >= 0.6 is 0 Å². The van der Waals surface area contributed by atoms with Crippen molar-refractivity contribution in [3.8, 4) is 5.75 Å². The second-order valence-corrected chi connectivity index (χ2v) is 6.74. The van der Waals surface area contributed by atoms with Crippen LogP contribution in [0.4, 0.5) is 0 Å². The maximum absolute atomic E-state index is 11.9. The highest BCUT2D eigenvalue weighted by atomic mass is 32.2. The molecule has 7 heteroatoms. The highest BCUT2D eigenvalue weighted by Crippen LogP contribution is 2.20. The smallest absolute Gasteiger partial charge is 0.308 e. The highest BCUT2D eigenvalue weighted by Gasteiger charge is 2.14. The molecule has 0 atom stereocenters. The molecule has 0 aliphatic carbocycles. The maximum Gasteiger partial charge on any atom is 0.308 e. The molecular formula is C13H17NO5S. The average molecular weight is 299 g/mol. The van der Waals surface area contributed by atoms with Gasteiger partial charge in [-0.25, -0.2) is 8.42 Å². The molecule has 0 fully saturated rings. The zero-order valence-electron chi connectivity index (χ0n) is 11.6. The summed E-state index contributed by atoms with van der Waals surface area (Å²) in [5, 5.41) is 2.48. The highest BCUT2D eigenvalue weighted by molar-refractivity contribution is 7.90. The van der Waals surface area contributed by atoms with Crippen molar-refractivity contribution in [3.05, 3.63) is 29.3 Å². The van der Waals surface area contributed by atoms with Gasteiger partial charge in [0.1, 0.15) is 15.6 Å². The third kappa shape index (κ3) is 5.40. The van der Waals surface area contributed by atoms with E-state index in [-0.39, 0.29) is 23.6 Å². The first-order valence-electron chi connectivity index (χ1n) is 5.94. The molecule has 1 aromatic rings. The van der Waals surface area contributed by atoms with Crippen molar-refractivity contribution in [2.45, 2.75) is 13.8 Å². The molecule has 1 amide bonds. The third-order valence-electron chi connectivity index (χ3n) is 2.39. The molecule has 0 radical (unpaired) electrons. The van der Waals surface area contributed by atoms with Crippen LogP contribution in [0, 0.1) is 6.92 Å². The fourth-order valence-electron chi connectivity index (χ4n) is 1.50. The van der Waals surface area contributed by atoms with E-state index in [1.807, 2.05) is 0 Å². The lowest BCUT2D eigenvalue weighted by Crippen LogP contribution is -2.29. The number of hydrogen-bond donors (Lipinski definition) is 1. The summed E-state index contributed by atoms with van der Waals surface area (Å²) in [6.07, 6.45) is 1.09. The number of rotatable bonds is 5. The van der Waals surface area contributed by atoms with Crippen LogP contribution in [0.1, 0.15) is 22.8 Å². The number of benzene rings is 1. The summed E-state index contributed by atoms with van der Waals surface area (Å²) in [6.45, 7) is 3.05. The molecule has 0 heterocycles. The minimum Gasteiger partial charge on any atom is -0.426 e. The van der Waals surface area contributed by atoms with Gasteiger partial charge in [0, 0.05) is 19.7 Å². The Morgan fingerprint density at radius 3 is 2.50 bits per heavy atom. The van der Waals surface area contributed by atoms with Gasteiger partial charge in [-0.2, -0.15) is 0 Å². The maximum atomic E-state index is 11.9. The molecule has 0 bridgehead atoms. The minimum atomic E-state index is -3.14. The molecular weight excluding hydrogens is 282 g/mol. The van der Waals surface area contributed by atoms with Gasteiger partial charge in [-0.05, 0) is 24.6 Å². The number of carbonyl (C=O) groups is 2. The molecule has 0 aromatic heterocycles. The van der Waals surface area contributed by atoms with Gasteiger partial charge in [0.2, 0.25) is 0 Å². The van der Waals surface area contributed by atoms with Crippen LogP contribution in [0.5, 0.6) is 5.75 Å². The van der Waals surface area contributed by atoms with Gasteiger partial charge in [-0.3, -0.25) is 9.59 Å². The molecule has 0 saturated carbocycles. The van der Waals surface area contributed by atoms with E-state index in [9.17, 15) is 18.0 Å². The number of aryl methyl sites for hydroxylation is 1. The Hall–Kier alpha value is -1.89. The molecule has 1 N–H and O–H groups in total. The molecule has 20 heavy (non-hydrogen) atoms. The van der Waals surface area contributed by atoms with E-state index < -0.39 is 21.7 Å². The van der Waals surface area contributed by atoms with Gasteiger partial charge in [-0.1, -0.05) is 6.07 Å². The summed E-state index contributed by atoms with van der Waals surface area (Å²) in [7, 11) is -3.14. The normalized spacial score (nSPS) is 10.9. The Bertz CT molecular complexity index is 622. The van der Waals surface area contributed by atoms with Crippen molar-refractivity contribution in [2.75, 3.05) is 18.6 Å². The van der Waals surface area contributed by atoms with Crippen molar-refractivity contribution >= 4 is 21.7 Å². The van der Waals surface area contributed by atoms with E-state index in [1.165, 1.54) is 13.0 Å². The number of hydrogen-bond acceptors (Lipinski definition) is 5. The van der Waals surface area contributed by atoms with Gasteiger partial charge in [0.15, 0.2) is 0 Å². The van der Waals surface area contributed by atoms with Crippen LogP contribution < -0.4 is 10.1 Å². The fraction of sp³-hybridized carbons (Fsp3) is 0.385. The van der Waals surface area contributed by atoms with Crippen LogP contribution in [0.2, 0.25) is 0 Å². The lowest BCUT2D eigenvalue weighted by atomic mass is 10.1. The Morgan fingerprint density at radius 2 is 1.95 bits per heavy atom. The summed E-state index contributed by atoms with van der Waals surface area (Å²) < 4.78 is 26.9. The lowest BCUT2D eigenvalue weighted by Gasteiger charge is -2.10. The number of amides is 1. The summed E-state index contributed by atoms with van der Waals surface area (Å²) in [5.74, 6) is -0.993. The first-order valence-corrected chi connectivity index (χ1v) is 8.00. The Kier molecular flexibility index (Phi) is 5.26. The molecule has 6 nitrogen and oxygen atoms in total. The topological polar surface area (TPSA) is 89.5 Å². The van der Waals surface area contributed by atoms with Crippen LogP contribution in [-0.2, 0) is 14.6 Å². The zero-order valence-corrected chi connectivity index (χ0v) is 12.4. The number of nitrogens with one attached hydrogen (secondary N) is 1. The van der Waals surface area contributed by atoms with E-state index in [4.69, 9.17) is 4.74 Å². The standard InChI is InChI=1S/C13H17NO5S/c1-9-4-5-11(12(8-9)19-10(2)15)13(16)14-6-7-20(3,17)18/h4-5,8H,6-7H2,1-3H3,(H,14,16). The number of ether oxygens (including phenoxy) is 1. The quantitative estimate of drug-likeness (QED) is 0.638. The molecule has 110 valence electrons. The Morgan fingerprint density at radius 1 is 1.30 bits per heavy atom. The van der Waals surface area contributed by atoms with Crippen LogP contribution in [0.15, 0.2) is 18.2 Å². The van der Waals surface area contributed by atoms with Gasteiger partial charge in [0.25, 0.3) is 5.91 Å². The predicted molar refractivity (Wildman–Crippen MR) is 74.5 cm³/mol. The number of carbonyl (C=O) groups excluding carboxylic acids is 2. The van der Waals surface area contributed by atoms with Gasteiger partial charge < -0.3 is 10.1 Å². The van der Waals surface area contributed by atoms with E-state index in [0.717, 1.165) is 11.8 Å².